The summed E-state index contributed by atoms with van der Waals surface area (Å²) >= 11 is 0. The van der Waals surface area contributed by atoms with Gasteiger partial charge in [-0.15, -0.1) is 0 Å². The largest absolute Gasteiger partial charge is 0.361 e. The lowest BCUT2D eigenvalue weighted by Gasteiger charge is -2.35. The first-order chi connectivity index (χ1) is 15.6. The van der Waals surface area contributed by atoms with Gasteiger partial charge in [-0.05, 0) is 23.8 Å². The molecule has 8 nitrogen and oxygen atoms in total. The van der Waals surface area contributed by atoms with Gasteiger partial charge >= 0.3 is 0 Å². The van der Waals surface area contributed by atoms with Crippen molar-refractivity contribution >= 4 is 33.8 Å². The lowest BCUT2D eigenvalue weighted by molar-refractivity contribution is -0.139. The summed E-state index contributed by atoms with van der Waals surface area (Å²) < 4.78 is 1.46. The van der Waals surface area contributed by atoms with Crippen LogP contribution in [0.1, 0.15) is 5.56 Å². The molecule has 0 saturated carbocycles. The third-order valence-corrected chi connectivity index (χ3v) is 6.05. The number of rotatable bonds is 4. The van der Waals surface area contributed by atoms with Crippen LogP contribution in [-0.2, 0) is 22.6 Å². The maximum atomic E-state index is 12.9. The van der Waals surface area contributed by atoms with Crippen molar-refractivity contribution in [2.75, 3.05) is 26.2 Å². The van der Waals surface area contributed by atoms with Crippen LogP contribution >= 0.6 is 0 Å². The summed E-state index contributed by atoms with van der Waals surface area (Å²) in [5, 5.41) is 1.06. The summed E-state index contributed by atoms with van der Waals surface area (Å²) in [5.41, 5.74) is 3.01. The maximum absolute atomic E-state index is 12.9. The maximum Gasteiger partial charge on any atom is 0.269 e. The van der Waals surface area contributed by atoms with Gasteiger partial charge in [0.05, 0.1) is 23.7 Å². The zero-order valence-electron chi connectivity index (χ0n) is 17.5. The van der Waals surface area contributed by atoms with E-state index in [0.717, 1.165) is 16.5 Å². The van der Waals surface area contributed by atoms with Crippen LogP contribution in [0.3, 0.4) is 0 Å². The fourth-order valence-corrected chi connectivity index (χ4v) is 4.27. The first-order valence-corrected chi connectivity index (χ1v) is 10.7. The number of amides is 2. The second-order valence-corrected chi connectivity index (χ2v) is 7.97. The molecule has 2 aromatic carbocycles. The van der Waals surface area contributed by atoms with Gasteiger partial charge in [0, 0.05) is 43.3 Å². The molecule has 2 amide bonds. The standard InChI is InChI=1S/C24H23N5O3/c30-22(13-17-14-25-19-6-2-1-5-18(17)19)27-9-11-28(12-10-27)24(32)16-29-21-8-4-3-7-20(21)26-15-23(29)31/h1-8,14-15,25H,9-13,16H2. The number of aromatic nitrogens is 3. The summed E-state index contributed by atoms with van der Waals surface area (Å²) in [7, 11) is 0. The monoisotopic (exact) mass is 429 g/mol. The van der Waals surface area contributed by atoms with E-state index in [1.54, 1.807) is 15.9 Å². The molecule has 162 valence electrons. The molecular formula is C24H23N5O3. The van der Waals surface area contributed by atoms with Gasteiger partial charge in [0.2, 0.25) is 11.8 Å². The molecule has 1 aliphatic heterocycles. The lowest BCUT2D eigenvalue weighted by atomic mass is 10.1. The number of nitrogens with one attached hydrogen (secondary N) is 1. The summed E-state index contributed by atoms with van der Waals surface area (Å²) in [6.45, 7) is 1.84. The Morgan fingerprint density at radius 3 is 2.41 bits per heavy atom. The van der Waals surface area contributed by atoms with Crippen LogP contribution in [0.2, 0.25) is 0 Å². The molecule has 1 fully saturated rings. The number of para-hydroxylation sites is 3. The quantitative estimate of drug-likeness (QED) is 0.536. The molecule has 0 spiro atoms. The molecular weight excluding hydrogens is 406 g/mol. The van der Waals surface area contributed by atoms with E-state index in [4.69, 9.17) is 0 Å². The highest BCUT2D eigenvalue weighted by molar-refractivity contribution is 5.89. The van der Waals surface area contributed by atoms with Gasteiger partial charge in [-0.2, -0.15) is 0 Å². The topological polar surface area (TPSA) is 91.3 Å². The fraction of sp³-hybridized carbons (Fsp3) is 0.250. The van der Waals surface area contributed by atoms with Crippen LogP contribution in [0.5, 0.6) is 0 Å². The predicted octanol–water partition coefficient (Wildman–Crippen LogP) is 1.79. The lowest BCUT2D eigenvalue weighted by Crippen LogP contribution is -2.52. The van der Waals surface area contributed by atoms with E-state index in [2.05, 4.69) is 9.97 Å². The molecule has 32 heavy (non-hydrogen) atoms. The van der Waals surface area contributed by atoms with Crippen LogP contribution in [0, 0.1) is 0 Å². The SMILES string of the molecule is O=C(Cc1c[nH]c2ccccc12)N1CCN(C(=O)Cn2c(=O)cnc3ccccc32)CC1. The second-order valence-electron chi connectivity index (χ2n) is 7.97. The number of hydrogen-bond donors (Lipinski definition) is 1. The number of piperazine rings is 1. The molecule has 8 heteroatoms. The fourth-order valence-electron chi connectivity index (χ4n) is 4.27. The van der Waals surface area contributed by atoms with Crippen molar-refractivity contribution in [2.45, 2.75) is 13.0 Å². The summed E-state index contributed by atoms with van der Waals surface area (Å²) in [4.78, 5) is 48.9. The first-order valence-electron chi connectivity index (χ1n) is 10.7. The Morgan fingerprint density at radius 2 is 1.59 bits per heavy atom. The Bertz CT molecular complexity index is 1360. The van der Waals surface area contributed by atoms with Crippen LogP contribution in [-0.4, -0.2) is 62.3 Å². The smallest absolute Gasteiger partial charge is 0.269 e. The molecule has 0 radical (unpaired) electrons. The number of nitrogens with zero attached hydrogens (tertiary/aromatic N) is 4. The Labute approximate surface area is 184 Å². The average molecular weight is 429 g/mol. The van der Waals surface area contributed by atoms with Gasteiger partial charge in [0.25, 0.3) is 5.56 Å². The number of fused-ring (bicyclic) bond motifs is 2. The van der Waals surface area contributed by atoms with Gasteiger partial charge in [-0.3, -0.25) is 19.0 Å². The summed E-state index contributed by atoms with van der Waals surface area (Å²) in [6, 6.07) is 15.2. The normalized spacial score (nSPS) is 14.2. The molecule has 5 rings (SSSR count). The highest BCUT2D eigenvalue weighted by atomic mass is 16.2. The van der Waals surface area contributed by atoms with E-state index in [-0.39, 0.29) is 23.9 Å². The molecule has 0 atom stereocenters. The number of aromatic amines is 1. The van der Waals surface area contributed by atoms with E-state index in [9.17, 15) is 14.4 Å². The van der Waals surface area contributed by atoms with Crippen molar-refractivity contribution in [1.29, 1.82) is 0 Å². The average Bonchev–Trinajstić information content (AvgIpc) is 3.23. The van der Waals surface area contributed by atoms with E-state index in [1.807, 2.05) is 48.7 Å². The molecule has 0 bridgehead atoms. The zero-order valence-corrected chi connectivity index (χ0v) is 17.5. The number of hydrogen-bond acceptors (Lipinski definition) is 4. The third kappa shape index (κ3) is 3.75. The molecule has 0 unspecified atom stereocenters. The van der Waals surface area contributed by atoms with Crippen molar-refractivity contribution in [3.05, 3.63) is 76.8 Å². The summed E-state index contributed by atoms with van der Waals surface area (Å²) in [5.74, 6) is -0.0784. The van der Waals surface area contributed by atoms with Crippen molar-refractivity contribution in [3.63, 3.8) is 0 Å². The second kappa shape index (κ2) is 8.30. The highest BCUT2D eigenvalue weighted by Crippen LogP contribution is 2.19. The van der Waals surface area contributed by atoms with Gasteiger partial charge in [0.1, 0.15) is 6.54 Å². The minimum atomic E-state index is -0.301. The Morgan fingerprint density at radius 1 is 0.906 bits per heavy atom. The van der Waals surface area contributed by atoms with Crippen LogP contribution in [0.25, 0.3) is 21.9 Å². The Kier molecular flexibility index (Phi) is 5.18. The summed E-state index contributed by atoms with van der Waals surface area (Å²) in [6.07, 6.45) is 3.46. The molecule has 1 aliphatic rings. The zero-order chi connectivity index (χ0) is 22.1. The highest BCUT2D eigenvalue weighted by Gasteiger charge is 2.25. The molecule has 0 aliphatic carbocycles. The van der Waals surface area contributed by atoms with E-state index < -0.39 is 0 Å². The molecule has 3 heterocycles. The van der Waals surface area contributed by atoms with E-state index >= 15 is 0 Å². The molecule has 2 aromatic heterocycles. The number of carbonyl (C=O) groups excluding carboxylic acids is 2. The first kappa shape index (κ1) is 20.0. The van der Waals surface area contributed by atoms with Crippen molar-refractivity contribution in [1.82, 2.24) is 24.3 Å². The van der Waals surface area contributed by atoms with Crippen molar-refractivity contribution < 1.29 is 9.59 Å². The number of carbonyl (C=O) groups is 2. The van der Waals surface area contributed by atoms with E-state index in [1.165, 1.54) is 10.8 Å². The minimum Gasteiger partial charge on any atom is -0.361 e. The Hall–Kier alpha value is -3.94. The Balaban J connectivity index is 1.22. The predicted molar refractivity (Wildman–Crippen MR) is 121 cm³/mol. The van der Waals surface area contributed by atoms with Crippen LogP contribution < -0.4 is 5.56 Å². The molecule has 1 saturated heterocycles. The van der Waals surface area contributed by atoms with Gasteiger partial charge in [-0.25, -0.2) is 4.98 Å². The minimum absolute atomic E-state index is 0.0366. The van der Waals surface area contributed by atoms with Gasteiger partial charge in [-0.1, -0.05) is 30.3 Å². The third-order valence-electron chi connectivity index (χ3n) is 6.05. The van der Waals surface area contributed by atoms with Crippen LogP contribution in [0.15, 0.2) is 65.7 Å². The van der Waals surface area contributed by atoms with Gasteiger partial charge < -0.3 is 14.8 Å². The number of benzene rings is 2. The van der Waals surface area contributed by atoms with Crippen molar-refractivity contribution in [2.24, 2.45) is 0 Å². The van der Waals surface area contributed by atoms with Crippen LogP contribution in [0.4, 0.5) is 0 Å². The van der Waals surface area contributed by atoms with Crippen molar-refractivity contribution in [3.8, 4) is 0 Å². The molecule has 1 N–H and O–H groups in total. The van der Waals surface area contributed by atoms with E-state index in [0.29, 0.717) is 43.6 Å². The van der Waals surface area contributed by atoms with Gasteiger partial charge in [0.15, 0.2) is 0 Å². The number of H-pyrrole nitrogens is 1. The molecule has 4 aromatic rings.